The van der Waals surface area contributed by atoms with Gasteiger partial charge in [0, 0.05) is 11.8 Å². The Morgan fingerprint density at radius 3 is 3.15 bits per heavy atom. The van der Waals surface area contributed by atoms with Crippen molar-refractivity contribution in [2.24, 2.45) is 10.9 Å². The van der Waals surface area contributed by atoms with Crippen LogP contribution < -0.4 is 11.1 Å². The number of hydrogen-bond donors (Lipinski definition) is 3. The summed E-state index contributed by atoms with van der Waals surface area (Å²) in [6.45, 7) is 2.84. The Morgan fingerprint density at radius 1 is 1.85 bits per heavy atom. The first kappa shape index (κ1) is 10.7. The number of nitrogens with one attached hydrogen (secondary N) is 1. The van der Waals surface area contributed by atoms with Gasteiger partial charge in [0.15, 0.2) is 5.84 Å². The van der Waals surface area contributed by atoms with Gasteiger partial charge in [0.25, 0.3) is 0 Å². The van der Waals surface area contributed by atoms with E-state index in [1.54, 1.807) is 0 Å². The molecule has 0 bridgehead atoms. The van der Waals surface area contributed by atoms with E-state index in [0.29, 0.717) is 5.25 Å². The van der Waals surface area contributed by atoms with Crippen LogP contribution in [0.3, 0.4) is 0 Å². The summed E-state index contributed by atoms with van der Waals surface area (Å²) in [5.74, 6) is 1.52. The summed E-state index contributed by atoms with van der Waals surface area (Å²) in [5.41, 5.74) is 5.43. The molecule has 4 nitrogen and oxygen atoms in total. The summed E-state index contributed by atoms with van der Waals surface area (Å²) in [4.78, 5) is 0. The molecule has 0 aromatic heterocycles. The zero-order chi connectivity index (χ0) is 9.68. The Morgan fingerprint density at radius 2 is 2.62 bits per heavy atom. The average Bonchev–Trinajstić information content (AvgIpc) is 2.65. The number of nitrogens with zero attached hydrogens (tertiary/aromatic N) is 1. The van der Waals surface area contributed by atoms with Gasteiger partial charge in [-0.05, 0) is 25.5 Å². The van der Waals surface area contributed by atoms with Crippen LogP contribution >= 0.6 is 11.8 Å². The van der Waals surface area contributed by atoms with E-state index in [1.807, 2.05) is 18.7 Å². The summed E-state index contributed by atoms with van der Waals surface area (Å²) in [6, 6.07) is -0.0359. The molecule has 76 valence electrons. The third-order valence-electron chi connectivity index (χ3n) is 2.23. The van der Waals surface area contributed by atoms with E-state index in [9.17, 15) is 0 Å². The monoisotopic (exact) mass is 203 g/mol. The number of hydrogen-bond acceptors (Lipinski definition) is 4. The van der Waals surface area contributed by atoms with Crippen LogP contribution in [0.4, 0.5) is 0 Å². The minimum Gasteiger partial charge on any atom is -0.409 e. The fraction of sp³-hybridized carbons (Fsp3) is 0.875. The minimum absolute atomic E-state index is 0.0359. The highest BCUT2D eigenvalue weighted by atomic mass is 32.2. The van der Waals surface area contributed by atoms with Crippen molar-refractivity contribution < 1.29 is 5.21 Å². The summed E-state index contributed by atoms with van der Waals surface area (Å²) < 4.78 is 0. The number of thioether (sulfide) groups is 1. The van der Waals surface area contributed by atoms with Crippen LogP contribution in [0, 0.1) is 0 Å². The second-order valence-corrected chi connectivity index (χ2v) is 4.70. The summed E-state index contributed by atoms with van der Waals surface area (Å²) in [5, 5.41) is 15.3. The maximum atomic E-state index is 8.41. The molecule has 2 unspecified atom stereocenters. The van der Waals surface area contributed by atoms with Gasteiger partial charge in [0.05, 0.1) is 6.04 Å². The first-order valence-electron chi connectivity index (χ1n) is 4.56. The van der Waals surface area contributed by atoms with Gasteiger partial charge in [-0.25, -0.2) is 0 Å². The number of oxime groups is 1. The van der Waals surface area contributed by atoms with Gasteiger partial charge in [0.2, 0.25) is 0 Å². The predicted octanol–water partition coefficient (Wildman–Crippen LogP) is 0.607. The summed E-state index contributed by atoms with van der Waals surface area (Å²) in [7, 11) is 0. The second-order valence-electron chi connectivity index (χ2n) is 3.29. The molecule has 0 aromatic carbocycles. The fourth-order valence-electron chi connectivity index (χ4n) is 1.30. The molecule has 0 saturated carbocycles. The maximum Gasteiger partial charge on any atom is 0.156 e. The van der Waals surface area contributed by atoms with Crippen molar-refractivity contribution in [2.45, 2.75) is 31.1 Å². The molecule has 0 aromatic rings. The predicted molar refractivity (Wildman–Crippen MR) is 56.4 cm³/mol. The van der Waals surface area contributed by atoms with Crippen molar-refractivity contribution in [1.82, 2.24) is 5.32 Å². The van der Waals surface area contributed by atoms with Gasteiger partial charge in [-0.15, -0.1) is 0 Å². The van der Waals surface area contributed by atoms with Crippen LogP contribution in [0.25, 0.3) is 0 Å². The highest BCUT2D eigenvalue weighted by Crippen LogP contribution is 2.25. The molecule has 1 fully saturated rings. The summed E-state index contributed by atoms with van der Waals surface area (Å²) in [6.07, 6.45) is 2.59. The number of nitrogens with two attached hydrogens (primary N) is 1. The van der Waals surface area contributed by atoms with Gasteiger partial charge < -0.3 is 16.3 Å². The molecule has 5 heteroatoms. The van der Waals surface area contributed by atoms with E-state index in [1.165, 1.54) is 18.6 Å². The van der Waals surface area contributed by atoms with Gasteiger partial charge >= 0.3 is 0 Å². The lowest BCUT2D eigenvalue weighted by Gasteiger charge is -2.15. The lowest BCUT2D eigenvalue weighted by molar-refractivity contribution is 0.315. The molecule has 2 atom stereocenters. The van der Waals surface area contributed by atoms with E-state index in [-0.39, 0.29) is 11.9 Å². The third kappa shape index (κ3) is 3.44. The zero-order valence-electron chi connectivity index (χ0n) is 7.86. The molecule has 1 heterocycles. The normalized spacial score (nSPS) is 26.2. The van der Waals surface area contributed by atoms with Crippen molar-refractivity contribution in [2.75, 3.05) is 12.3 Å². The van der Waals surface area contributed by atoms with Gasteiger partial charge in [-0.2, -0.15) is 11.8 Å². The molecule has 1 saturated heterocycles. The van der Waals surface area contributed by atoms with Crippen molar-refractivity contribution in [1.29, 1.82) is 0 Å². The first-order valence-corrected chi connectivity index (χ1v) is 5.61. The Hall–Kier alpha value is -0.420. The first-order chi connectivity index (χ1) is 6.24. The molecule has 1 rings (SSSR count). The maximum absolute atomic E-state index is 8.41. The SMILES string of the molecule is CC(NCC1CCCS1)C(N)=NO. The standard InChI is InChI=1S/C8H17N3OS/c1-6(8(9)11-12)10-5-7-3-2-4-13-7/h6-7,10,12H,2-5H2,1H3,(H2,9,11). The molecule has 1 aliphatic rings. The molecule has 13 heavy (non-hydrogen) atoms. The summed E-state index contributed by atoms with van der Waals surface area (Å²) >= 11 is 2.00. The van der Waals surface area contributed by atoms with Crippen LogP contribution in [0.5, 0.6) is 0 Å². The van der Waals surface area contributed by atoms with Crippen molar-refractivity contribution >= 4 is 17.6 Å². The molecular weight excluding hydrogens is 186 g/mol. The van der Waals surface area contributed by atoms with E-state index in [2.05, 4.69) is 10.5 Å². The Balaban J connectivity index is 2.17. The van der Waals surface area contributed by atoms with E-state index in [0.717, 1.165) is 6.54 Å². The smallest absolute Gasteiger partial charge is 0.156 e. The largest absolute Gasteiger partial charge is 0.409 e. The van der Waals surface area contributed by atoms with E-state index in [4.69, 9.17) is 10.9 Å². The van der Waals surface area contributed by atoms with Gasteiger partial charge in [-0.1, -0.05) is 5.16 Å². The lowest BCUT2D eigenvalue weighted by Crippen LogP contribution is -2.41. The Labute approximate surface area is 82.9 Å². The Bertz CT molecular complexity index is 180. The highest BCUT2D eigenvalue weighted by Gasteiger charge is 2.16. The quantitative estimate of drug-likeness (QED) is 0.271. The molecule has 1 aliphatic heterocycles. The zero-order valence-corrected chi connectivity index (χ0v) is 8.68. The van der Waals surface area contributed by atoms with Crippen molar-refractivity contribution in [3.05, 3.63) is 0 Å². The van der Waals surface area contributed by atoms with Crippen LogP contribution in [0.1, 0.15) is 19.8 Å². The van der Waals surface area contributed by atoms with E-state index < -0.39 is 0 Å². The molecular formula is C8H17N3OS. The molecule has 0 aliphatic carbocycles. The Kier molecular flexibility index (Phi) is 4.38. The second kappa shape index (κ2) is 5.34. The topological polar surface area (TPSA) is 70.6 Å². The van der Waals surface area contributed by atoms with Crippen molar-refractivity contribution in [3.63, 3.8) is 0 Å². The molecule has 0 radical (unpaired) electrons. The number of amidine groups is 1. The highest BCUT2D eigenvalue weighted by molar-refractivity contribution is 8.00. The minimum atomic E-state index is -0.0359. The van der Waals surface area contributed by atoms with Crippen LogP contribution in [-0.4, -0.2) is 34.6 Å². The van der Waals surface area contributed by atoms with Crippen molar-refractivity contribution in [3.8, 4) is 0 Å². The average molecular weight is 203 g/mol. The van der Waals surface area contributed by atoms with Crippen LogP contribution in [0.15, 0.2) is 5.16 Å². The lowest BCUT2D eigenvalue weighted by atomic mass is 10.2. The number of rotatable bonds is 4. The fourth-order valence-corrected chi connectivity index (χ4v) is 2.52. The molecule has 0 spiro atoms. The third-order valence-corrected chi connectivity index (χ3v) is 3.63. The van der Waals surface area contributed by atoms with Gasteiger partial charge in [-0.3, -0.25) is 0 Å². The molecule has 0 amide bonds. The van der Waals surface area contributed by atoms with Crippen LogP contribution in [-0.2, 0) is 0 Å². The molecule has 4 N–H and O–H groups in total. The van der Waals surface area contributed by atoms with Crippen LogP contribution in [0.2, 0.25) is 0 Å². The van der Waals surface area contributed by atoms with E-state index >= 15 is 0 Å². The van der Waals surface area contributed by atoms with Gasteiger partial charge in [0.1, 0.15) is 0 Å².